The first kappa shape index (κ1) is 21.2. The highest BCUT2D eigenvalue weighted by molar-refractivity contribution is 6.33. The molecule has 0 heterocycles. The number of hydrogen-bond donors (Lipinski definition) is 0. The number of benzene rings is 1. The zero-order valence-electron chi connectivity index (χ0n) is 15.6. The summed E-state index contributed by atoms with van der Waals surface area (Å²) in [7, 11) is 0. The van der Waals surface area contributed by atoms with Gasteiger partial charge in [-0.05, 0) is 36.7 Å². The van der Waals surface area contributed by atoms with Gasteiger partial charge in [-0.15, -0.1) is 0 Å². The molecular weight excluding hydrogens is 374 g/mol. The van der Waals surface area contributed by atoms with Crippen LogP contribution in [0, 0.1) is 27.9 Å². The normalized spacial score (nSPS) is 22.3. The second-order valence-electron chi connectivity index (χ2n) is 7.35. The molecule has 0 N–H and O–H groups in total. The molecule has 27 heavy (non-hydrogen) atoms. The lowest BCUT2D eigenvalue weighted by Crippen LogP contribution is -2.36. The molecule has 1 saturated carbocycles. The van der Waals surface area contributed by atoms with Gasteiger partial charge in [0.2, 0.25) is 0 Å². The summed E-state index contributed by atoms with van der Waals surface area (Å²) in [6.45, 7) is 5.83. The zero-order valence-corrected chi connectivity index (χ0v) is 16.4. The van der Waals surface area contributed by atoms with Crippen molar-refractivity contribution in [3.8, 4) is 0 Å². The fraction of sp³-hybridized carbons (Fsp3) is 0.579. The van der Waals surface area contributed by atoms with Gasteiger partial charge in [0.15, 0.2) is 6.61 Å². The minimum absolute atomic E-state index is 0.0404. The van der Waals surface area contributed by atoms with E-state index in [1.54, 1.807) is 0 Å². The first-order valence-corrected chi connectivity index (χ1v) is 9.37. The lowest BCUT2D eigenvalue weighted by atomic mass is 9.75. The summed E-state index contributed by atoms with van der Waals surface area (Å²) in [6, 6.07) is 3.41. The van der Waals surface area contributed by atoms with Crippen molar-refractivity contribution >= 4 is 29.2 Å². The summed E-state index contributed by atoms with van der Waals surface area (Å²) in [5, 5.41) is 10.6. The predicted octanol–water partition coefficient (Wildman–Crippen LogP) is 4.41. The molecule has 0 saturated heterocycles. The molecule has 7 nitrogen and oxygen atoms in total. The van der Waals surface area contributed by atoms with E-state index in [9.17, 15) is 19.7 Å². The van der Waals surface area contributed by atoms with Crippen LogP contribution in [0.15, 0.2) is 18.2 Å². The van der Waals surface area contributed by atoms with Gasteiger partial charge < -0.3 is 9.47 Å². The van der Waals surface area contributed by atoms with Crippen LogP contribution in [0.1, 0.15) is 50.4 Å². The number of halogens is 1. The number of nitrogens with zero attached hydrogens (tertiary/aromatic N) is 1. The van der Waals surface area contributed by atoms with Crippen molar-refractivity contribution < 1.29 is 24.0 Å². The van der Waals surface area contributed by atoms with E-state index in [1.165, 1.54) is 6.07 Å². The van der Waals surface area contributed by atoms with E-state index in [0.717, 1.165) is 31.4 Å². The average Bonchev–Trinajstić information content (AvgIpc) is 2.59. The number of rotatable bonds is 6. The largest absolute Gasteiger partial charge is 0.460 e. The number of nitro groups is 1. The second kappa shape index (κ2) is 9.17. The third-order valence-corrected chi connectivity index (χ3v) is 5.26. The number of carbonyl (C=O) groups is 2. The molecule has 2 rings (SSSR count). The standard InChI is InChI=1S/C19H24ClNO6/c1-11(2)14-6-4-12(3)8-17(14)27-18(22)10-26-19(23)15-7-5-13(21(24)25)9-16(15)20/h5,7,9,11-12,14,17H,4,6,8,10H2,1-3H3. The van der Waals surface area contributed by atoms with Crippen molar-refractivity contribution in [3.05, 3.63) is 38.9 Å². The van der Waals surface area contributed by atoms with Gasteiger partial charge >= 0.3 is 11.9 Å². The maximum absolute atomic E-state index is 12.1. The highest BCUT2D eigenvalue weighted by atomic mass is 35.5. The number of esters is 2. The molecule has 0 radical (unpaired) electrons. The fourth-order valence-corrected chi connectivity index (χ4v) is 3.69. The first-order chi connectivity index (χ1) is 12.7. The zero-order chi connectivity index (χ0) is 20.1. The molecule has 0 spiro atoms. The Morgan fingerprint density at radius 1 is 1.33 bits per heavy atom. The van der Waals surface area contributed by atoms with Gasteiger partial charge in [-0.3, -0.25) is 10.1 Å². The molecule has 1 aliphatic carbocycles. The Morgan fingerprint density at radius 2 is 2.04 bits per heavy atom. The van der Waals surface area contributed by atoms with E-state index < -0.39 is 23.5 Å². The van der Waals surface area contributed by atoms with Crippen molar-refractivity contribution in [1.29, 1.82) is 0 Å². The van der Waals surface area contributed by atoms with Gasteiger partial charge in [0.05, 0.1) is 15.5 Å². The molecule has 0 aliphatic heterocycles. The topological polar surface area (TPSA) is 95.7 Å². The molecule has 1 aromatic carbocycles. The van der Waals surface area contributed by atoms with Crippen molar-refractivity contribution in [2.75, 3.05) is 6.61 Å². The molecule has 3 atom stereocenters. The number of carbonyl (C=O) groups excluding carboxylic acids is 2. The Balaban J connectivity index is 1.92. The molecule has 0 bridgehead atoms. The number of ether oxygens (including phenoxy) is 2. The van der Waals surface area contributed by atoms with Gasteiger partial charge in [-0.1, -0.05) is 38.8 Å². The molecule has 148 valence electrons. The summed E-state index contributed by atoms with van der Waals surface area (Å²) in [5.74, 6) is -0.253. The SMILES string of the molecule is CC1CCC(C(C)C)C(OC(=O)COC(=O)c2ccc([N+](=O)[O-])cc2Cl)C1. The maximum Gasteiger partial charge on any atom is 0.344 e. The molecule has 8 heteroatoms. The summed E-state index contributed by atoms with van der Waals surface area (Å²) < 4.78 is 10.5. The first-order valence-electron chi connectivity index (χ1n) is 8.99. The van der Waals surface area contributed by atoms with Crippen molar-refractivity contribution in [3.63, 3.8) is 0 Å². The molecular formula is C19H24ClNO6. The molecule has 1 aliphatic rings. The monoisotopic (exact) mass is 397 g/mol. The van der Waals surface area contributed by atoms with E-state index in [4.69, 9.17) is 21.1 Å². The maximum atomic E-state index is 12.1. The Morgan fingerprint density at radius 3 is 2.63 bits per heavy atom. The van der Waals surface area contributed by atoms with E-state index in [2.05, 4.69) is 20.8 Å². The van der Waals surface area contributed by atoms with Crippen LogP contribution in [0.5, 0.6) is 0 Å². The second-order valence-corrected chi connectivity index (χ2v) is 7.76. The third-order valence-electron chi connectivity index (χ3n) is 4.95. The Kier molecular flexibility index (Phi) is 7.18. The molecule has 0 aromatic heterocycles. The highest BCUT2D eigenvalue weighted by Gasteiger charge is 2.33. The van der Waals surface area contributed by atoms with E-state index in [1.807, 2.05) is 0 Å². The van der Waals surface area contributed by atoms with Gasteiger partial charge in [0.25, 0.3) is 5.69 Å². The number of non-ortho nitro benzene ring substituents is 1. The third kappa shape index (κ3) is 5.66. The Bertz CT molecular complexity index is 720. The lowest BCUT2D eigenvalue weighted by molar-refractivity contribution is -0.384. The molecule has 1 fully saturated rings. The van der Waals surface area contributed by atoms with Crippen LogP contribution < -0.4 is 0 Å². The van der Waals surface area contributed by atoms with Gasteiger partial charge in [-0.25, -0.2) is 9.59 Å². The smallest absolute Gasteiger partial charge is 0.344 e. The molecule has 1 aromatic rings. The minimum Gasteiger partial charge on any atom is -0.460 e. The van der Waals surface area contributed by atoms with Crippen LogP contribution in [-0.2, 0) is 14.3 Å². The Labute approximate surface area is 163 Å². The summed E-state index contributed by atoms with van der Waals surface area (Å²) >= 11 is 5.89. The minimum atomic E-state index is -0.829. The number of nitro benzene ring substituents is 1. The Hall–Kier alpha value is -2.15. The van der Waals surface area contributed by atoms with E-state index in [-0.39, 0.29) is 22.4 Å². The fourth-order valence-electron chi connectivity index (χ4n) is 3.44. The predicted molar refractivity (Wildman–Crippen MR) is 99.6 cm³/mol. The van der Waals surface area contributed by atoms with Crippen LogP contribution in [0.25, 0.3) is 0 Å². The van der Waals surface area contributed by atoms with E-state index >= 15 is 0 Å². The number of hydrogen-bond acceptors (Lipinski definition) is 6. The van der Waals surface area contributed by atoms with Crippen LogP contribution >= 0.6 is 11.6 Å². The van der Waals surface area contributed by atoms with Crippen LogP contribution in [0.4, 0.5) is 5.69 Å². The van der Waals surface area contributed by atoms with Gasteiger partial charge in [0, 0.05) is 12.1 Å². The average molecular weight is 398 g/mol. The van der Waals surface area contributed by atoms with Crippen LogP contribution in [0.2, 0.25) is 5.02 Å². The van der Waals surface area contributed by atoms with Crippen molar-refractivity contribution in [2.24, 2.45) is 17.8 Å². The molecule has 3 unspecified atom stereocenters. The highest BCUT2D eigenvalue weighted by Crippen LogP contribution is 2.35. The van der Waals surface area contributed by atoms with Crippen LogP contribution in [0.3, 0.4) is 0 Å². The van der Waals surface area contributed by atoms with E-state index in [0.29, 0.717) is 17.8 Å². The van der Waals surface area contributed by atoms with Crippen LogP contribution in [-0.4, -0.2) is 29.6 Å². The lowest BCUT2D eigenvalue weighted by Gasteiger charge is -2.36. The summed E-state index contributed by atoms with van der Waals surface area (Å²) in [4.78, 5) is 34.3. The van der Waals surface area contributed by atoms with Crippen molar-refractivity contribution in [1.82, 2.24) is 0 Å². The quantitative estimate of drug-likeness (QED) is 0.400. The molecule has 0 amide bonds. The van der Waals surface area contributed by atoms with Gasteiger partial charge in [-0.2, -0.15) is 0 Å². The van der Waals surface area contributed by atoms with Gasteiger partial charge in [0.1, 0.15) is 6.10 Å². The summed E-state index contributed by atoms with van der Waals surface area (Å²) in [5.41, 5.74) is -0.275. The summed E-state index contributed by atoms with van der Waals surface area (Å²) in [6.07, 6.45) is 2.75. The van der Waals surface area contributed by atoms with Crippen molar-refractivity contribution in [2.45, 2.75) is 46.1 Å².